The molecule has 0 saturated carbocycles. The van der Waals surface area contributed by atoms with Crippen LogP contribution in [0.4, 0.5) is 8.78 Å². The highest BCUT2D eigenvalue weighted by atomic mass is 19.3. The molecule has 0 aliphatic carbocycles. The molecule has 0 aliphatic rings. The van der Waals surface area contributed by atoms with Crippen molar-refractivity contribution in [1.29, 1.82) is 0 Å². The molecule has 2 rings (SSSR count). The Morgan fingerprint density at radius 2 is 1.78 bits per heavy atom. The van der Waals surface area contributed by atoms with Gasteiger partial charge in [0.2, 0.25) is 0 Å². The number of hydrogen-bond acceptors (Lipinski definition) is 2. The fraction of sp³-hybridized carbons (Fsp3) is 0.0714. The molecule has 0 spiro atoms. The van der Waals surface area contributed by atoms with Gasteiger partial charge in [0.25, 0.3) is 6.08 Å². The molecule has 1 heterocycles. The Balaban J connectivity index is 2.64. The third-order valence-corrected chi connectivity index (χ3v) is 2.39. The van der Waals surface area contributed by atoms with Crippen molar-refractivity contribution in [2.24, 2.45) is 0 Å². The van der Waals surface area contributed by atoms with Crippen molar-refractivity contribution in [3.8, 4) is 0 Å². The van der Waals surface area contributed by atoms with Crippen molar-refractivity contribution in [1.82, 2.24) is 0 Å². The second-order valence-electron chi connectivity index (χ2n) is 3.77. The maximum Gasteiger partial charge on any atom is 0.281 e. The Hall–Kier alpha value is -2.23. The molecule has 0 atom stereocenters. The molecule has 0 unspecified atom stereocenters. The van der Waals surface area contributed by atoms with Crippen LogP contribution >= 0.6 is 0 Å². The fourth-order valence-corrected chi connectivity index (χ4v) is 1.68. The summed E-state index contributed by atoms with van der Waals surface area (Å²) in [5.74, 6) is 0.179. The van der Waals surface area contributed by atoms with E-state index in [0.717, 1.165) is 6.07 Å². The molecular weight excluding hydrogens is 238 g/mol. The molecule has 18 heavy (non-hydrogen) atoms. The van der Waals surface area contributed by atoms with Crippen LogP contribution in [0, 0.1) is 6.92 Å². The number of benzene rings is 1. The topological polar surface area (TPSA) is 30.2 Å². The smallest absolute Gasteiger partial charge is 0.281 e. The predicted octanol–water partition coefficient (Wildman–Crippen LogP) is 3.60. The maximum atomic E-state index is 13.1. The zero-order chi connectivity index (χ0) is 13.1. The SMILES string of the molecule is Cc1cc(=O)cc(C(=C(F)F)c2ccccc2)o1. The zero-order valence-electron chi connectivity index (χ0n) is 9.61. The van der Waals surface area contributed by atoms with Crippen LogP contribution in [0.2, 0.25) is 0 Å². The number of rotatable bonds is 2. The maximum absolute atomic E-state index is 13.1. The molecule has 0 N–H and O–H groups in total. The van der Waals surface area contributed by atoms with E-state index in [-0.39, 0.29) is 16.8 Å². The van der Waals surface area contributed by atoms with E-state index in [9.17, 15) is 13.6 Å². The summed E-state index contributed by atoms with van der Waals surface area (Å²) in [7, 11) is 0. The van der Waals surface area contributed by atoms with Gasteiger partial charge < -0.3 is 4.42 Å². The van der Waals surface area contributed by atoms with Crippen molar-refractivity contribution >= 4 is 5.57 Å². The van der Waals surface area contributed by atoms with Crippen molar-refractivity contribution < 1.29 is 13.2 Å². The highest BCUT2D eigenvalue weighted by Gasteiger charge is 2.15. The summed E-state index contributed by atoms with van der Waals surface area (Å²) in [6, 6.07) is 10.4. The molecule has 0 radical (unpaired) electrons. The van der Waals surface area contributed by atoms with Crippen molar-refractivity contribution in [2.75, 3.05) is 0 Å². The Morgan fingerprint density at radius 1 is 1.11 bits per heavy atom. The number of hydrogen-bond donors (Lipinski definition) is 0. The van der Waals surface area contributed by atoms with E-state index in [1.165, 1.54) is 18.2 Å². The first kappa shape index (κ1) is 12.2. The Kier molecular flexibility index (Phi) is 3.37. The van der Waals surface area contributed by atoms with E-state index in [1.807, 2.05) is 0 Å². The van der Waals surface area contributed by atoms with Crippen LogP contribution in [-0.4, -0.2) is 0 Å². The summed E-state index contributed by atoms with van der Waals surface area (Å²) in [4.78, 5) is 11.3. The average Bonchev–Trinajstić information content (AvgIpc) is 2.28. The summed E-state index contributed by atoms with van der Waals surface area (Å²) in [6.07, 6.45) is -1.88. The van der Waals surface area contributed by atoms with Gasteiger partial charge in [0.15, 0.2) is 5.43 Å². The van der Waals surface area contributed by atoms with Crippen LogP contribution < -0.4 is 5.43 Å². The zero-order valence-corrected chi connectivity index (χ0v) is 9.61. The van der Waals surface area contributed by atoms with E-state index < -0.39 is 6.08 Å². The summed E-state index contributed by atoms with van der Waals surface area (Å²) in [6.45, 7) is 1.55. The van der Waals surface area contributed by atoms with E-state index in [0.29, 0.717) is 11.3 Å². The van der Waals surface area contributed by atoms with Gasteiger partial charge in [-0.15, -0.1) is 0 Å². The van der Waals surface area contributed by atoms with Gasteiger partial charge in [-0.2, -0.15) is 8.78 Å². The lowest BCUT2D eigenvalue weighted by atomic mass is 10.0. The molecule has 0 fully saturated rings. The lowest BCUT2D eigenvalue weighted by Gasteiger charge is -2.06. The van der Waals surface area contributed by atoms with Gasteiger partial charge in [0, 0.05) is 12.1 Å². The molecule has 2 aromatic rings. The molecule has 92 valence electrons. The molecule has 0 bridgehead atoms. The standard InChI is InChI=1S/C14H10F2O2/c1-9-7-11(17)8-12(18-9)13(14(15)16)10-5-3-2-4-6-10/h2-8H,1H3. The van der Waals surface area contributed by atoms with Gasteiger partial charge in [-0.3, -0.25) is 4.79 Å². The molecule has 4 heteroatoms. The largest absolute Gasteiger partial charge is 0.461 e. The minimum atomic E-state index is -1.88. The van der Waals surface area contributed by atoms with Crippen LogP contribution in [0.5, 0.6) is 0 Å². The third-order valence-electron chi connectivity index (χ3n) is 2.39. The highest BCUT2D eigenvalue weighted by Crippen LogP contribution is 2.27. The first-order valence-electron chi connectivity index (χ1n) is 5.31. The molecule has 0 amide bonds. The fourth-order valence-electron chi connectivity index (χ4n) is 1.68. The van der Waals surface area contributed by atoms with Gasteiger partial charge in [0.05, 0.1) is 5.57 Å². The average molecular weight is 248 g/mol. The van der Waals surface area contributed by atoms with Crippen molar-refractivity contribution in [2.45, 2.75) is 6.92 Å². The first-order valence-corrected chi connectivity index (χ1v) is 5.31. The lowest BCUT2D eigenvalue weighted by Crippen LogP contribution is -2.01. The van der Waals surface area contributed by atoms with Crippen LogP contribution in [0.15, 0.2) is 57.8 Å². The quantitative estimate of drug-likeness (QED) is 0.812. The van der Waals surface area contributed by atoms with E-state index in [2.05, 4.69) is 0 Å². The van der Waals surface area contributed by atoms with Crippen LogP contribution in [-0.2, 0) is 0 Å². The van der Waals surface area contributed by atoms with Crippen LogP contribution in [0.25, 0.3) is 5.57 Å². The third kappa shape index (κ3) is 2.53. The summed E-state index contributed by atoms with van der Waals surface area (Å²) >= 11 is 0. The molecule has 0 aliphatic heterocycles. The Bertz CT molecular complexity index is 638. The van der Waals surface area contributed by atoms with E-state index in [4.69, 9.17) is 4.42 Å². The number of halogens is 2. The predicted molar refractivity (Wildman–Crippen MR) is 64.4 cm³/mol. The lowest BCUT2D eigenvalue weighted by molar-refractivity contribution is 0.419. The van der Waals surface area contributed by atoms with Crippen LogP contribution in [0.3, 0.4) is 0 Å². The molecule has 2 nitrogen and oxygen atoms in total. The van der Waals surface area contributed by atoms with Gasteiger partial charge in [-0.1, -0.05) is 30.3 Å². The molecular formula is C14H10F2O2. The summed E-state index contributed by atoms with van der Waals surface area (Å²) < 4.78 is 31.3. The van der Waals surface area contributed by atoms with Crippen LogP contribution in [0.1, 0.15) is 17.1 Å². The van der Waals surface area contributed by atoms with Crippen molar-refractivity contribution in [3.63, 3.8) is 0 Å². The molecule has 1 aromatic carbocycles. The normalized spacial score (nSPS) is 10.2. The number of aryl methyl sites for hydroxylation is 1. The minimum Gasteiger partial charge on any atom is -0.461 e. The van der Waals surface area contributed by atoms with E-state index in [1.54, 1.807) is 25.1 Å². The second-order valence-corrected chi connectivity index (χ2v) is 3.77. The summed E-state index contributed by atoms with van der Waals surface area (Å²) in [5, 5.41) is 0. The molecule has 0 saturated heterocycles. The van der Waals surface area contributed by atoms with Gasteiger partial charge in [-0.25, -0.2) is 0 Å². The summed E-state index contributed by atoms with van der Waals surface area (Å²) in [5.41, 5.74) is -0.397. The molecule has 1 aromatic heterocycles. The first-order chi connectivity index (χ1) is 8.58. The second kappa shape index (κ2) is 4.96. The van der Waals surface area contributed by atoms with Gasteiger partial charge >= 0.3 is 0 Å². The van der Waals surface area contributed by atoms with E-state index >= 15 is 0 Å². The highest BCUT2D eigenvalue weighted by molar-refractivity contribution is 5.77. The Morgan fingerprint density at radius 3 is 2.33 bits per heavy atom. The monoisotopic (exact) mass is 248 g/mol. The minimum absolute atomic E-state index is 0.119. The van der Waals surface area contributed by atoms with Crippen molar-refractivity contribution in [3.05, 3.63) is 75.9 Å². The van der Waals surface area contributed by atoms with Gasteiger partial charge in [0.1, 0.15) is 11.5 Å². The Labute approximate surface area is 102 Å². The van der Waals surface area contributed by atoms with Gasteiger partial charge in [-0.05, 0) is 12.5 Å².